The number of ether oxygens (including phenoxy) is 1. The van der Waals surface area contributed by atoms with E-state index in [-0.39, 0.29) is 17.0 Å². The zero-order chi connectivity index (χ0) is 16.3. The minimum Gasteiger partial charge on any atom is -0.465 e. The van der Waals surface area contributed by atoms with Gasteiger partial charge in [-0.1, -0.05) is 6.07 Å². The van der Waals surface area contributed by atoms with Crippen molar-refractivity contribution in [3.8, 4) is 0 Å². The Hall–Kier alpha value is -1.77. The van der Waals surface area contributed by atoms with E-state index in [0.29, 0.717) is 5.56 Å². The lowest BCUT2D eigenvalue weighted by Gasteiger charge is -2.10. The van der Waals surface area contributed by atoms with Crippen LogP contribution in [0.3, 0.4) is 0 Å². The van der Waals surface area contributed by atoms with Crippen molar-refractivity contribution in [2.75, 3.05) is 7.11 Å². The Morgan fingerprint density at radius 1 is 1.36 bits per heavy atom. The quantitative estimate of drug-likeness (QED) is 0.842. The Kier molecular flexibility index (Phi) is 4.94. The number of aromatic nitrogens is 1. The number of nitrogens with zero attached hydrogens (tertiary/aromatic N) is 1. The van der Waals surface area contributed by atoms with Crippen molar-refractivity contribution < 1.29 is 17.9 Å². The van der Waals surface area contributed by atoms with E-state index in [1.54, 1.807) is 19.2 Å². The number of carbonyl (C=O) groups is 1. The van der Waals surface area contributed by atoms with Gasteiger partial charge >= 0.3 is 5.97 Å². The average molecular weight is 340 g/mol. The second kappa shape index (κ2) is 6.55. The summed E-state index contributed by atoms with van der Waals surface area (Å²) in [5, 5.41) is 0.873. The number of sulfonamides is 1. The standard InChI is InChI=1S/C14H16N2O4S2/c1-9-4-5-11(14(17)20-3)6-13(9)22(18,19)16-8-12-7-15-10(2)21-12/h4-7,16H,8H2,1-3H3. The molecule has 0 bridgehead atoms. The van der Waals surface area contributed by atoms with Crippen LogP contribution >= 0.6 is 11.3 Å². The van der Waals surface area contributed by atoms with E-state index >= 15 is 0 Å². The van der Waals surface area contributed by atoms with Gasteiger partial charge in [-0.15, -0.1) is 11.3 Å². The third-order valence-electron chi connectivity index (χ3n) is 3.00. The van der Waals surface area contributed by atoms with Gasteiger partial charge in [0, 0.05) is 17.6 Å². The minimum atomic E-state index is -3.72. The molecule has 6 nitrogen and oxygen atoms in total. The Bertz CT molecular complexity index is 797. The van der Waals surface area contributed by atoms with E-state index in [0.717, 1.165) is 9.88 Å². The van der Waals surface area contributed by atoms with Crippen molar-refractivity contribution in [2.24, 2.45) is 0 Å². The summed E-state index contributed by atoms with van der Waals surface area (Å²) >= 11 is 1.43. The number of hydrogen-bond acceptors (Lipinski definition) is 6. The molecule has 1 aromatic heterocycles. The summed E-state index contributed by atoms with van der Waals surface area (Å²) in [7, 11) is -2.47. The predicted octanol–water partition coefficient (Wildman–Crippen LogP) is 2.03. The molecule has 0 amide bonds. The smallest absolute Gasteiger partial charge is 0.337 e. The molecule has 8 heteroatoms. The van der Waals surface area contributed by atoms with Gasteiger partial charge < -0.3 is 4.74 Å². The van der Waals surface area contributed by atoms with Crippen LogP contribution in [-0.2, 0) is 21.3 Å². The lowest BCUT2D eigenvalue weighted by atomic mass is 10.1. The van der Waals surface area contributed by atoms with E-state index in [2.05, 4.69) is 14.4 Å². The Labute approximate surface area is 133 Å². The molecule has 0 saturated heterocycles. The number of nitrogens with one attached hydrogen (secondary N) is 1. The maximum absolute atomic E-state index is 12.4. The molecule has 0 atom stereocenters. The second-order valence-electron chi connectivity index (χ2n) is 4.64. The number of aryl methyl sites for hydroxylation is 2. The fourth-order valence-corrected chi connectivity index (χ4v) is 3.97. The van der Waals surface area contributed by atoms with Gasteiger partial charge in [0.25, 0.3) is 0 Å². The third kappa shape index (κ3) is 3.70. The molecular weight excluding hydrogens is 324 g/mol. The molecule has 1 heterocycles. The van der Waals surface area contributed by atoms with Crippen molar-refractivity contribution in [3.63, 3.8) is 0 Å². The summed E-state index contributed by atoms with van der Waals surface area (Å²) in [5.41, 5.74) is 0.753. The number of methoxy groups -OCH3 is 1. The third-order valence-corrected chi connectivity index (χ3v) is 5.46. The number of carbonyl (C=O) groups excluding carboxylic acids is 1. The van der Waals surface area contributed by atoms with Crippen LogP contribution in [0.4, 0.5) is 0 Å². The molecule has 0 radical (unpaired) electrons. The van der Waals surface area contributed by atoms with Crippen LogP contribution in [0, 0.1) is 13.8 Å². The highest BCUT2D eigenvalue weighted by atomic mass is 32.2. The monoisotopic (exact) mass is 340 g/mol. The highest BCUT2D eigenvalue weighted by Gasteiger charge is 2.19. The van der Waals surface area contributed by atoms with Crippen molar-refractivity contribution >= 4 is 27.3 Å². The molecule has 1 N–H and O–H groups in total. The van der Waals surface area contributed by atoms with Crippen LogP contribution in [-0.4, -0.2) is 26.5 Å². The fourth-order valence-electron chi connectivity index (χ4n) is 1.87. The molecule has 0 aliphatic rings. The summed E-state index contributed by atoms with van der Waals surface area (Å²) in [5.74, 6) is -0.575. The van der Waals surface area contributed by atoms with E-state index < -0.39 is 16.0 Å². The van der Waals surface area contributed by atoms with E-state index in [1.165, 1.54) is 30.6 Å². The van der Waals surface area contributed by atoms with Crippen molar-refractivity contribution in [1.29, 1.82) is 0 Å². The number of esters is 1. The first-order chi connectivity index (χ1) is 10.3. The summed E-state index contributed by atoms with van der Waals surface area (Å²) < 4.78 is 32.0. The molecule has 0 spiro atoms. The molecule has 118 valence electrons. The molecule has 0 aliphatic carbocycles. The first-order valence-electron chi connectivity index (χ1n) is 6.43. The molecule has 0 fully saturated rings. The average Bonchev–Trinajstić information content (AvgIpc) is 2.90. The highest BCUT2D eigenvalue weighted by molar-refractivity contribution is 7.89. The van der Waals surface area contributed by atoms with Crippen molar-refractivity contribution in [1.82, 2.24) is 9.71 Å². The maximum Gasteiger partial charge on any atom is 0.337 e. The van der Waals surface area contributed by atoms with Crippen LogP contribution in [0.15, 0.2) is 29.3 Å². The van der Waals surface area contributed by atoms with Crippen molar-refractivity contribution in [2.45, 2.75) is 25.3 Å². The van der Waals surface area contributed by atoms with Crippen molar-refractivity contribution in [3.05, 3.63) is 45.4 Å². The SMILES string of the molecule is COC(=O)c1ccc(C)c(S(=O)(=O)NCc2cnc(C)s2)c1. The van der Waals surface area contributed by atoms with Gasteiger partial charge in [-0.2, -0.15) is 0 Å². The van der Waals surface area contributed by atoms with E-state index in [9.17, 15) is 13.2 Å². The normalized spacial score (nSPS) is 11.4. The van der Waals surface area contributed by atoms with E-state index in [1.807, 2.05) is 6.92 Å². The van der Waals surface area contributed by atoms with Crippen LogP contribution in [0.2, 0.25) is 0 Å². The molecule has 1 aromatic carbocycles. The Morgan fingerprint density at radius 2 is 2.09 bits per heavy atom. The van der Waals surface area contributed by atoms with Gasteiger partial charge in [0.05, 0.1) is 22.6 Å². The number of thiazole rings is 1. The number of benzene rings is 1. The number of hydrogen-bond donors (Lipinski definition) is 1. The molecule has 0 unspecified atom stereocenters. The van der Waals surface area contributed by atoms with Crippen LogP contribution in [0.5, 0.6) is 0 Å². The minimum absolute atomic E-state index is 0.0663. The van der Waals surface area contributed by atoms with Gasteiger partial charge in [0.2, 0.25) is 10.0 Å². The molecule has 0 saturated carbocycles. The van der Waals surface area contributed by atoms with E-state index in [4.69, 9.17) is 0 Å². The summed E-state index contributed by atoms with van der Waals surface area (Å²) in [6.07, 6.45) is 1.64. The highest BCUT2D eigenvalue weighted by Crippen LogP contribution is 2.19. The fraction of sp³-hybridized carbons (Fsp3) is 0.286. The zero-order valence-electron chi connectivity index (χ0n) is 12.4. The van der Waals surface area contributed by atoms with Crippen LogP contribution in [0.25, 0.3) is 0 Å². The molecule has 2 rings (SSSR count). The summed E-state index contributed by atoms with van der Waals surface area (Å²) in [6, 6.07) is 4.44. The van der Waals surface area contributed by atoms with Gasteiger partial charge in [-0.3, -0.25) is 0 Å². The van der Waals surface area contributed by atoms with Gasteiger partial charge in [-0.05, 0) is 31.5 Å². The van der Waals surface area contributed by atoms with Gasteiger partial charge in [-0.25, -0.2) is 22.9 Å². The maximum atomic E-state index is 12.4. The topological polar surface area (TPSA) is 85.4 Å². The largest absolute Gasteiger partial charge is 0.465 e. The molecule has 0 aliphatic heterocycles. The first kappa shape index (κ1) is 16.6. The lowest BCUT2D eigenvalue weighted by Crippen LogP contribution is -2.24. The predicted molar refractivity (Wildman–Crippen MR) is 83.4 cm³/mol. The summed E-state index contributed by atoms with van der Waals surface area (Å²) in [6.45, 7) is 3.69. The summed E-state index contributed by atoms with van der Waals surface area (Å²) in [4.78, 5) is 16.5. The van der Waals surface area contributed by atoms with Gasteiger partial charge in [0.15, 0.2) is 0 Å². The van der Waals surface area contributed by atoms with Gasteiger partial charge in [0.1, 0.15) is 0 Å². The Morgan fingerprint density at radius 3 is 2.68 bits per heavy atom. The molecule has 22 heavy (non-hydrogen) atoms. The Balaban J connectivity index is 2.26. The molecular formula is C14H16N2O4S2. The first-order valence-corrected chi connectivity index (χ1v) is 8.73. The van der Waals surface area contributed by atoms with Crippen LogP contribution in [0.1, 0.15) is 25.8 Å². The number of rotatable bonds is 5. The second-order valence-corrected chi connectivity index (χ2v) is 7.70. The zero-order valence-corrected chi connectivity index (χ0v) is 14.0. The lowest BCUT2D eigenvalue weighted by molar-refractivity contribution is 0.0600. The van der Waals surface area contributed by atoms with Crippen LogP contribution < -0.4 is 4.72 Å². The molecule has 2 aromatic rings.